The van der Waals surface area contributed by atoms with Crippen molar-refractivity contribution in [2.45, 2.75) is 64.2 Å². The highest BCUT2D eigenvalue weighted by Gasteiger charge is 2.24. The standard InChI is InChI=1S/C14H20/c1-3-7-13-11(5-1)9-10-12-6-2-4-8-14(12)13/h1-10H2. The van der Waals surface area contributed by atoms with Gasteiger partial charge in [0.05, 0.1) is 0 Å². The molecule has 0 aromatic carbocycles. The van der Waals surface area contributed by atoms with Crippen molar-refractivity contribution in [3.05, 3.63) is 22.3 Å². The van der Waals surface area contributed by atoms with Gasteiger partial charge in [-0.2, -0.15) is 0 Å². The van der Waals surface area contributed by atoms with E-state index in [0.717, 1.165) is 0 Å². The maximum absolute atomic E-state index is 1.84. The minimum Gasteiger partial charge on any atom is -0.0664 e. The predicted molar refractivity (Wildman–Crippen MR) is 60.2 cm³/mol. The van der Waals surface area contributed by atoms with E-state index < -0.39 is 0 Å². The van der Waals surface area contributed by atoms with Gasteiger partial charge in [0.2, 0.25) is 0 Å². The molecule has 0 aromatic rings. The van der Waals surface area contributed by atoms with Crippen molar-refractivity contribution in [1.82, 2.24) is 0 Å². The molecule has 3 aliphatic carbocycles. The molecular formula is C14H20. The predicted octanol–water partition coefficient (Wildman–Crippen LogP) is 4.52. The van der Waals surface area contributed by atoms with Crippen LogP contribution in [0.15, 0.2) is 22.3 Å². The quantitative estimate of drug-likeness (QED) is 0.524. The topological polar surface area (TPSA) is 0 Å². The van der Waals surface area contributed by atoms with Crippen LogP contribution in [0.4, 0.5) is 0 Å². The first-order valence-electron chi connectivity index (χ1n) is 6.37. The molecule has 0 atom stereocenters. The summed E-state index contributed by atoms with van der Waals surface area (Å²) in [6.07, 6.45) is 14.3. The highest BCUT2D eigenvalue weighted by molar-refractivity contribution is 5.44. The fourth-order valence-corrected chi connectivity index (χ4v) is 3.52. The van der Waals surface area contributed by atoms with E-state index in [9.17, 15) is 0 Å². The summed E-state index contributed by atoms with van der Waals surface area (Å²) in [6, 6.07) is 0. The van der Waals surface area contributed by atoms with E-state index in [0.29, 0.717) is 0 Å². The van der Waals surface area contributed by atoms with Gasteiger partial charge < -0.3 is 0 Å². The van der Waals surface area contributed by atoms with E-state index >= 15 is 0 Å². The van der Waals surface area contributed by atoms with Crippen molar-refractivity contribution >= 4 is 0 Å². The molecule has 0 saturated heterocycles. The fraction of sp³-hybridized carbons (Fsp3) is 0.714. The first kappa shape index (κ1) is 8.76. The van der Waals surface area contributed by atoms with Crippen molar-refractivity contribution in [3.63, 3.8) is 0 Å². The van der Waals surface area contributed by atoms with Crippen LogP contribution < -0.4 is 0 Å². The van der Waals surface area contributed by atoms with Crippen LogP contribution in [0, 0.1) is 0 Å². The first-order chi connectivity index (χ1) is 6.95. The molecule has 0 spiro atoms. The summed E-state index contributed by atoms with van der Waals surface area (Å²) in [5.74, 6) is 0. The Morgan fingerprint density at radius 3 is 1.36 bits per heavy atom. The summed E-state index contributed by atoms with van der Waals surface area (Å²) >= 11 is 0. The Hall–Kier alpha value is -0.520. The maximum atomic E-state index is 1.84. The Balaban J connectivity index is 1.99. The van der Waals surface area contributed by atoms with Crippen molar-refractivity contribution in [3.8, 4) is 0 Å². The lowest BCUT2D eigenvalue weighted by atomic mass is 9.74. The molecule has 0 unspecified atom stereocenters. The van der Waals surface area contributed by atoms with Gasteiger partial charge in [0, 0.05) is 0 Å². The summed E-state index contributed by atoms with van der Waals surface area (Å²) in [5, 5.41) is 0. The molecule has 0 nitrogen and oxygen atoms in total. The SMILES string of the molecule is C1CCC2=C(C1)CCC1=C2CCCC1. The zero-order valence-electron chi connectivity index (χ0n) is 9.07. The molecule has 0 amide bonds. The highest BCUT2D eigenvalue weighted by Crippen LogP contribution is 2.44. The molecule has 14 heavy (non-hydrogen) atoms. The van der Waals surface area contributed by atoms with Crippen molar-refractivity contribution in [2.75, 3.05) is 0 Å². The van der Waals surface area contributed by atoms with Crippen molar-refractivity contribution in [2.24, 2.45) is 0 Å². The van der Waals surface area contributed by atoms with Crippen LogP contribution in [0.3, 0.4) is 0 Å². The summed E-state index contributed by atoms with van der Waals surface area (Å²) < 4.78 is 0. The fourth-order valence-electron chi connectivity index (χ4n) is 3.52. The highest BCUT2D eigenvalue weighted by atomic mass is 14.3. The van der Waals surface area contributed by atoms with Gasteiger partial charge >= 0.3 is 0 Å². The van der Waals surface area contributed by atoms with Gasteiger partial charge in [-0.25, -0.2) is 0 Å². The molecule has 3 rings (SSSR count). The number of allylic oxidation sites excluding steroid dienone is 4. The van der Waals surface area contributed by atoms with Gasteiger partial charge in [-0.05, 0) is 75.4 Å². The minimum absolute atomic E-state index is 1.41. The molecule has 0 fully saturated rings. The number of fused-ring (bicyclic) bond motifs is 1. The van der Waals surface area contributed by atoms with Crippen LogP contribution in [-0.4, -0.2) is 0 Å². The van der Waals surface area contributed by atoms with E-state index in [1.807, 2.05) is 22.3 Å². The maximum Gasteiger partial charge on any atom is -0.0276 e. The van der Waals surface area contributed by atoms with Gasteiger partial charge in [-0.1, -0.05) is 11.1 Å². The van der Waals surface area contributed by atoms with Crippen LogP contribution in [0.2, 0.25) is 0 Å². The van der Waals surface area contributed by atoms with Crippen molar-refractivity contribution < 1.29 is 0 Å². The second-order valence-electron chi connectivity index (χ2n) is 5.08. The van der Waals surface area contributed by atoms with E-state index in [1.165, 1.54) is 64.2 Å². The lowest BCUT2D eigenvalue weighted by molar-refractivity contribution is 0.580. The average Bonchev–Trinajstić information content (AvgIpc) is 2.29. The first-order valence-corrected chi connectivity index (χ1v) is 6.37. The van der Waals surface area contributed by atoms with E-state index in [-0.39, 0.29) is 0 Å². The smallest absolute Gasteiger partial charge is 0.0276 e. The van der Waals surface area contributed by atoms with Gasteiger partial charge in [-0.3, -0.25) is 0 Å². The molecule has 0 saturated carbocycles. The summed E-state index contributed by atoms with van der Waals surface area (Å²) in [5.41, 5.74) is 7.35. The second kappa shape index (κ2) is 3.56. The van der Waals surface area contributed by atoms with Crippen molar-refractivity contribution in [1.29, 1.82) is 0 Å². The normalized spacial score (nSPS) is 27.4. The average molecular weight is 188 g/mol. The van der Waals surface area contributed by atoms with Crippen LogP contribution >= 0.6 is 0 Å². The molecular weight excluding hydrogens is 168 g/mol. The molecule has 0 bridgehead atoms. The van der Waals surface area contributed by atoms with Gasteiger partial charge in [-0.15, -0.1) is 0 Å². The lowest BCUT2D eigenvalue weighted by Crippen LogP contribution is -2.13. The third-order valence-corrected chi connectivity index (χ3v) is 4.26. The van der Waals surface area contributed by atoms with Crippen LogP contribution in [-0.2, 0) is 0 Å². The van der Waals surface area contributed by atoms with Gasteiger partial charge in [0.1, 0.15) is 0 Å². The lowest BCUT2D eigenvalue weighted by Gasteiger charge is -2.32. The van der Waals surface area contributed by atoms with E-state index in [4.69, 9.17) is 0 Å². The largest absolute Gasteiger partial charge is 0.0664 e. The van der Waals surface area contributed by atoms with E-state index in [2.05, 4.69) is 0 Å². The molecule has 0 heteroatoms. The second-order valence-corrected chi connectivity index (χ2v) is 5.08. The Morgan fingerprint density at radius 2 is 0.857 bits per heavy atom. The third kappa shape index (κ3) is 1.36. The Bertz CT molecular complexity index is 272. The number of rotatable bonds is 0. The third-order valence-electron chi connectivity index (χ3n) is 4.26. The number of hydrogen-bond acceptors (Lipinski definition) is 0. The van der Waals surface area contributed by atoms with Gasteiger partial charge in [0.25, 0.3) is 0 Å². The Morgan fingerprint density at radius 1 is 0.429 bits per heavy atom. The minimum atomic E-state index is 1.41. The molecule has 0 heterocycles. The molecule has 3 aliphatic rings. The zero-order valence-corrected chi connectivity index (χ0v) is 9.07. The Labute approximate surface area is 87.1 Å². The zero-order chi connectivity index (χ0) is 9.38. The molecule has 76 valence electrons. The molecule has 0 aromatic heterocycles. The summed E-state index contributed by atoms with van der Waals surface area (Å²) in [7, 11) is 0. The number of hydrogen-bond donors (Lipinski definition) is 0. The summed E-state index contributed by atoms with van der Waals surface area (Å²) in [6.45, 7) is 0. The molecule has 0 aliphatic heterocycles. The van der Waals surface area contributed by atoms with Crippen LogP contribution in [0.25, 0.3) is 0 Å². The molecule has 0 radical (unpaired) electrons. The Kier molecular flexibility index (Phi) is 2.23. The van der Waals surface area contributed by atoms with Crippen LogP contribution in [0.5, 0.6) is 0 Å². The summed E-state index contributed by atoms with van der Waals surface area (Å²) in [4.78, 5) is 0. The van der Waals surface area contributed by atoms with Crippen LogP contribution in [0.1, 0.15) is 64.2 Å². The van der Waals surface area contributed by atoms with E-state index in [1.54, 1.807) is 0 Å². The molecule has 0 N–H and O–H groups in total. The van der Waals surface area contributed by atoms with Gasteiger partial charge in [0.15, 0.2) is 0 Å². The monoisotopic (exact) mass is 188 g/mol.